The number of aromatic amines is 1. The summed E-state index contributed by atoms with van der Waals surface area (Å²) in [6, 6.07) is 12.3. The first kappa shape index (κ1) is 12.1. The number of hydrogen-bond donors (Lipinski definition) is 2. The van der Waals surface area contributed by atoms with Crippen molar-refractivity contribution in [3.63, 3.8) is 0 Å². The van der Waals surface area contributed by atoms with Gasteiger partial charge in [-0.3, -0.25) is 5.10 Å². The van der Waals surface area contributed by atoms with Gasteiger partial charge in [0.25, 0.3) is 0 Å². The lowest BCUT2D eigenvalue weighted by Gasteiger charge is -2.16. The average molecular weight is 281 g/mol. The van der Waals surface area contributed by atoms with Crippen LogP contribution in [0.15, 0.2) is 42.6 Å². The maximum Gasteiger partial charge on any atom is 0.231 e. The fraction of sp³-hybridized carbons (Fsp3) is 0.188. The van der Waals surface area contributed by atoms with Gasteiger partial charge in [-0.15, -0.1) is 0 Å². The zero-order valence-corrected chi connectivity index (χ0v) is 11.6. The number of rotatable bonds is 3. The molecule has 2 N–H and O–H groups in total. The summed E-state index contributed by atoms with van der Waals surface area (Å²) in [4.78, 5) is 0. The molecule has 1 aromatic heterocycles. The molecule has 0 bridgehead atoms. The number of fused-ring (bicyclic) bond motifs is 2. The van der Waals surface area contributed by atoms with Crippen LogP contribution in [0, 0.1) is 0 Å². The molecule has 0 radical (unpaired) electrons. The molecule has 0 amide bonds. The molecule has 4 rings (SSSR count). The molecule has 5 nitrogen and oxygen atoms in total. The minimum absolute atomic E-state index is 0.147. The molecule has 2 heterocycles. The molecule has 21 heavy (non-hydrogen) atoms. The monoisotopic (exact) mass is 281 g/mol. The van der Waals surface area contributed by atoms with Crippen molar-refractivity contribution in [2.24, 2.45) is 0 Å². The van der Waals surface area contributed by atoms with Gasteiger partial charge in [0, 0.05) is 11.4 Å². The van der Waals surface area contributed by atoms with Crippen LogP contribution in [0.25, 0.3) is 10.9 Å². The topological polar surface area (TPSA) is 59.2 Å². The summed E-state index contributed by atoms with van der Waals surface area (Å²) in [6.07, 6.45) is 1.83. The van der Waals surface area contributed by atoms with Crippen LogP contribution in [0.4, 0.5) is 5.69 Å². The van der Waals surface area contributed by atoms with Crippen LogP contribution >= 0.6 is 0 Å². The second-order valence-electron chi connectivity index (χ2n) is 5.12. The summed E-state index contributed by atoms with van der Waals surface area (Å²) in [5.74, 6) is 1.61. The third-order valence-electron chi connectivity index (χ3n) is 3.75. The Balaban J connectivity index is 1.63. The van der Waals surface area contributed by atoms with Crippen molar-refractivity contribution in [1.82, 2.24) is 10.2 Å². The van der Waals surface area contributed by atoms with Gasteiger partial charge in [0.2, 0.25) is 6.79 Å². The van der Waals surface area contributed by atoms with Crippen LogP contribution < -0.4 is 14.8 Å². The van der Waals surface area contributed by atoms with Crippen molar-refractivity contribution in [2.45, 2.75) is 13.0 Å². The van der Waals surface area contributed by atoms with Crippen molar-refractivity contribution in [1.29, 1.82) is 0 Å². The van der Waals surface area contributed by atoms with Crippen LogP contribution in [0.5, 0.6) is 11.5 Å². The number of H-pyrrole nitrogens is 1. The Hall–Kier alpha value is -2.69. The summed E-state index contributed by atoms with van der Waals surface area (Å²) in [5.41, 5.74) is 3.20. The van der Waals surface area contributed by atoms with Crippen molar-refractivity contribution in [3.8, 4) is 11.5 Å². The lowest BCUT2D eigenvalue weighted by atomic mass is 10.1. The Bertz CT molecular complexity index is 797. The van der Waals surface area contributed by atoms with Gasteiger partial charge in [-0.25, -0.2) is 0 Å². The minimum Gasteiger partial charge on any atom is -0.454 e. The predicted octanol–water partition coefficient (Wildman–Crippen LogP) is 3.46. The van der Waals surface area contributed by atoms with Crippen molar-refractivity contribution < 1.29 is 9.47 Å². The van der Waals surface area contributed by atoms with Gasteiger partial charge in [-0.1, -0.05) is 18.2 Å². The molecule has 5 heteroatoms. The van der Waals surface area contributed by atoms with Crippen LogP contribution in [0.1, 0.15) is 18.5 Å². The van der Waals surface area contributed by atoms with Crippen molar-refractivity contribution in [2.75, 3.05) is 12.1 Å². The van der Waals surface area contributed by atoms with Crippen molar-refractivity contribution in [3.05, 3.63) is 48.2 Å². The van der Waals surface area contributed by atoms with Gasteiger partial charge >= 0.3 is 0 Å². The number of nitrogens with zero attached hydrogens (tertiary/aromatic N) is 1. The fourth-order valence-corrected chi connectivity index (χ4v) is 2.59. The maximum absolute atomic E-state index is 5.43. The number of para-hydroxylation sites is 1. The van der Waals surface area contributed by atoms with Gasteiger partial charge < -0.3 is 14.8 Å². The molecule has 2 aromatic carbocycles. The number of aromatic nitrogens is 2. The van der Waals surface area contributed by atoms with Gasteiger partial charge in [0.15, 0.2) is 11.5 Å². The molecule has 1 aliphatic heterocycles. The van der Waals surface area contributed by atoms with Gasteiger partial charge in [-0.2, -0.15) is 5.10 Å². The van der Waals surface area contributed by atoms with Crippen LogP contribution in [-0.4, -0.2) is 17.0 Å². The Labute approximate surface area is 121 Å². The van der Waals surface area contributed by atoms with E-state index >= 15 is 0 Å². The largest absolute Gasteiger partial charge is 0.454 e. The van der Waals surface area contributed by atoms with E-state index in [4.69, 9.17) is 9.47 Å². The summed E-state index contributed by atoms with van der Waals surface area (Å²) < 4.78 is 10.8. The van der Waals surface area contributed by atoms with E-state index in [-0.39, 0.29) is 6.04 Å². The van der Waals surface area contributed by atoms with E-state index in [0.717, 1.165) is 33.7 Å². The number of ether oxygens (including phenoxy) is 2. The molecule has 3 aromatic rings. The molecular formula is C16H15N3O2. The highest BCUT2D eigenvalue weighted by Crippen LogP contribution is 2.35. The normalized spacial score (nSPS) is 14.3. The van der Waals surface area contributed by atoms with Crippen LogP contribution in [0.2, 0.25) is 0 Å². The van der Waals surface area contributed by atoms with E-state index in [1.165, 1.54) is 0 Å². The number of anilines is 1. The molecule has 0 fully saturated rings. The van der Waals surface area contributed by atoms with Crippen molar-refractivity contribution >= 4 is 16.6 Å². The Morgan fingerprint density at radius 3 is 3.05 bits per heavy atom. The molecular weight excluding hydrogens is 266 g/mol. The molecule has 0 saturated carbocycles. The summed E-state index contributed by atoms with van der Waals surface area (Å²) in [6.45, 7) is 2.42. The van der Waals surface area contributed by atoms with E-state index in [2.05, 4.69) is 28.5 Å². The van der Waals surface area contributed by atoms with E-state index in [9.17, 15) is 0 Å². The lowest BCUT2D eigenvalue weighted by Crippen LogP contribution is -2.06. The Morgan fingerprint density at radius 1 is 1.19 bits per heavy atom. The van der Waals surface area contributed by atoms with Gasteiger partial charge in [0.1, 0.15) is 0 Å². The zero-order valence-electron chi connectivity index (χ0n) is 11.6. The fourth-order valence-electron chi connectivity index (χ4n) is 2.59. The highest BCUT2D eigenvalue weighted by molar-refractivity contribution is 5.90. The predicted molar refractivity (Wildman–Crippen MR) is 80.7 cm³/mol. The van der Waals surface area contributed by atoms with Gasteiger partial charge in [0.05, 0.1) is 17.4 Å². The Morgan fingerprint density at radius 2 is 2.10 bits per heavy atom. The highest BCUT2D eigenvalue weighted by atomic mass is 16.7. The second-order valence-corrected chi connectivity index (χ2v) is 5.12. The summed E-state index contributed by atoms with van der Waals surface area (Å²) >= 11 is 0. The zero-order chi connectivity index (χ0) is 14.2. The second kappa shape index (κ2) is 4.70. The highest BCUT2D eigenvalue weighted by Gasteiger charge is 2.16. The number of benzene rings is 2. The van der Waals surface area contributed by atoms with E-state index in [0.29, 0.717) is 6.79 Å². The van der Waals surface area contributed by atoms with E-state index in [1.807, 2.05) is 36.5 Å². The third kappa shape index (κ3) is 2.07. The van der Waals surface area contributed by atoms with Gasteiger partial charge in [-0.05, 0) is 30.7 Å². The van der Waals surface area contributed by atoms with E-state index in [1.54, 1.807) is 0 Å². The summed E-state index contributed by atoms with van der Waals surface area (Å²) in [5, 5.41) is 11.7. The van der Waals surface area contributed by atoms with E-state index < -0.39 is 0 Å². The SMILES string of the molecule is CC(Nc1cccc2cn[nH]c12)c1ccc2c(c1)OCO2. The first-order valence-corrected chi connectivity index (χ1v) is 6.89. The third-order valence-corrected chi connectivity index (χ3v) is 3.75. The standard InChI is InChI=1S/C16H15N3O2/c1-10(11-5-6-14-15(7-11)21-9-20-14)18-13-4-2-3-12-8-17-19-16(12)13/h2-8,10,18H,9H2,1H3,(H,17,19). The number of hydrogen-bond acceptors (Lipinski definition) is 4. The molecule has 1 aliphatic rings. The molecule has 0 spiro atoms. The molecule has 1 atom stereocenters. The lowest BCUT2D eigenvalue weighted by molar-refractivity contribution is 0.174. The maximum atomic E-state index is 5.43. The summed E-state index contributed by atoms with van der Waals surface area (Å²) in [7, 11) is 0. The molecule has 0 saturated heterocycles. The first-order chi connectivity index (χ1) is 10.3. The van der Waals surface area contributed by atoms with Crippen LogP contribution in [-0.2, 0) is 0 Å². The Kier molecular flexibility index (Phi) is 2.70. The smallest absolute Gasteiger partial charge is 0.231 e. The minimum atomic E-state index is 0.147. The molecule has 106 valence electrons. The molecule has 0 aliphatic carbocycles. The first-order valence-electron chi connectivity index (χ1n) is 6.89. The average Bonchev–Trinajstić information content (AvgIpc) is 3.15. The molecule has 1 unspecified atom stereocenters. The number of nitrogens with one attached hydrogen (secondary N) is 2. The quantitative estimate of drug-likeness (QED) is 0.772. The van der Waals surface area contributed by atoms with Crippen LogP contribution in [0.3, 0.4) is 0 Å².